The van der Waals surface area contributed by atoms with Gasteiger partial charge in [0.2, 0.25) is 5.91 Å². The Kier molecular flexibility index (Phi) is 6.85. The van der Waals surface area contributed by atoms with E-state index < -0.39 is 0 Å². The maximum atomic E-state index is 12.7. The highest BCUT2D eigenvalue weighted by molar-refractivity contribution is 7.99. The molecule has 0 spiro atoms. The molecule has 24 heavy (non-hydrogen) atoms. The Morgan fingerprint density at radius 1 is 1.33 bits per heavy atom. The van der Waals surface area contributed by atoms with Crippen molar-refractivity contribution in [2.45, 2.75) is 57.8 Å². The summed E-state index contributed by atoms with van der Waals surface area (Å²) >= 11 is 1.33. The molecule has 1 amide bonds. The minimum absolute atomic E-state index is 0.0288. The second kappa shape index (κ2) is 8.87. The van der Waals surface area contributed by atoms with E-state index in [1.165, 1.54) is 11.8 Å². The van der Waals surface area contributed by atoms with E-state index in [2.05, 4.69) is 17.2 Å². The molecule has 1 aromatic carbocycles. The highest BCUT2D eigenvalue weighted by Crippen LogP contribution is 2.18. The summed E-state index contributed by atoms with van der Waals surface area (Å²) in [7, 11) is 0. The molecule has 1 atom stereocenters. The summed E-state index contributed by atoms with van der Waals surface area (Å²) in [6.07, 6.45) is 2.80. The van der Waals surface area contributed by atoms with Crippen LogP contribution in [0.4, 0.5) is 0 Å². The van der Waals surface area contributed by atoms with Gasteiger partial charge in [0.15, 0.2) is 5.16 Å². The number of carbonyl (C=O) groups is 1. The molecule has 0 saturated carbocycles. The van der Waals surface area contributed by atoms with Crippen LogP contribution in [0.15, 0.2) is 34.2 Å². The molecule has 1 heterocycles. The van der Waals surface area contributed by atoms with E-state index in [1.807, 2.05) is 32.0 Å². The lowest BCUT2D eigenvalue weighted by atomic mass is 10.2. The van der Waals surface area contributed by atoms with E-state index in [1.54, 1.807) is 10.6 Å². The van der Waals surface area contributed by atoms with Gasteiger partial charge in [-0.15, -0.1) is 0 Å². The van der Waals surface area contributed by atoms with Crippen LogP contribution in [-0.4, -0.2) is 27.3 Å². The van der Waals surface area contributed by atoms with Crippen LogP contribution < -0.4 is 10.9 Å². The highest BCUT2D eigenvalue weighted by Gasteiger charge is 2.13. The van der Waals surface area contributed by atoms with Crippen molar-refractivity contribution in [1.82, 2.24) is 14.9 Å². The van der Waals surface area contributed by atoms with Crippen LogP contribution in [0.2, 0.25) is 0 Å². The number of unbranched alkanes of at least 4 members (excludes halogenated alkanes) is 1. The zero-order chi connectivity index (χ0) is 17.5. The molecule has 0 unspecified atom stereocenters. The predicted octanol–water partition coefficient (Wildman–Crippen LogP) is 3.20. The smallest absolute Gasteiger partial charge is 0.262 e. The number of amides is 1. The Balaban J connectivity index is 2.26. The Morgan fingerprint density at radius 2 is 2.08 bits per heavy atom. The monoisotopic (exact) mass is 347 g/mol. The van der Waals surface area contributed by atoms with Gasteiger partial charge in [0.1, 0.15) is 0 Å². The molecule has 1 aromatic heterocycles. The molecule has 0 aliphatic carbocycles. The SMILES string of the molecule is CCCCn1c(SCC(=O)N[C@H](C)CC)nc2ccccc2c1=O. The average molecular weight is 347 g/mol. The zero-order valence-corrected chi connectivity index (χ0v) is 15.4. The van der Waals surface area contributed by atoms with E-state index >= 15 is 0 Å². The van der Waals surface area contributed by atoms with Crippen molar-refractivity contribution in [1.29, 1.82) is 0 Å². The first-order valence-electron chi connectivity index (χ1n) is 8.48. The summed E-state index contributed by atoms with van der Waals surface area (Å²) in [5, 5.41) is 4.18. The second-order valence-corrected chi connectivity index (χ2v) is 6.83. The normalized spacial score (nSPS) is 12.3. The minimum atomic E-state index is -0.0289. The van der Waals surface area contributed by atoms with Crippen LogP contribution in [0.3, 0.4) is 0 Å². The molecule has 2 aromatic rings. The van der Waals surface area contributed by atoms with E-state index in [4.69, 9.17) is 0 Å². The van der Waals surface area contributed by atoms with Crippen LogP contribution >= 0.6 is 11.8 Å². The summed E-state index contributed by atoms with van der Waals surface area (Å²) in [4.78, 5) is 29.4. The molecule has 0 fully saturated rings. The van der Waals surface area contributed by atoms with Gasteiger partial charge in [0.05, 0.1) is 16.7 Å². The van der Waals surface area contributed by atoms with Crippen LogP contribution in [0.25, 0.3) is 10.9 Å². The molecule has 130 valence electrons. The van der Waals surface area contributed by atoms with Gasteiger partial charge < -0.3 is 5.32 Å². The topological polar surface area (TPSA) is 64.0 Å². The fourth-order valence-electron chi connectivity index (χ4n) is 2.32. The number of benzene rings is 1. The number of rotatable bonds is 8. The van der Waals surface area contributed by atoms with E-state index in [0.717, 1.165) is 19.3 Å². The van der Waals surface area contributed by atoms with Crippen molar-refractivity contribution in [2.75, 3.05) is 5.75 Å². The van der Waals surface area contributed by atoms with E-state index in [-0.39, 0.29) is 23.3 Å². The number of hydrogen-bond donors (Lipinski definition) is 1. The Labute approximate surface area is 146 Å². The Bertz CT molecular complexity index is 758. The molecule has 5 nitrogen and oxygen atoms in total. The molecular formula is C18H25N3O2S. The molecule has 0 radical (unpaired) electrons. The van der Waals surface area contributed by atoms with Gasteiger partial charge in [0, 0.05) is 12.6 Å². The molecule has 6 heteroatoms. The number of fused-ring (bicyclic) bond motifs is 1. The van der Waals surface area contributed by atoms with Gasteiger partial charge >= 0.3 is 0 Å². The third-order valence-corrected chi connectivity index (χ3v) is 4.89. The molecular weight excluding hydrogens is 322 g/mol. The van der Waals surface area contributed by atoms with Crippen LogP contribution in [-0.2, 0) is 11.3 Å². The van der Waals surface area contributed by atoms with Gasteiger partial charge in [0.25, 0.3) is 5.56 Å². The lowest BCUT2D eigenvalue weighted by Crippen LogP contribution is -2.33. The molecule has 0 saturated heterocycles. The van der Waals surface area contributed by atoms with Crippen molar-refractivity contribution in [3.05, 3.63) is 34.6 Å². The highest BCUT2D eigenvalue weighted by atomic mass is 32.2. The first-order valence-corrected chi connectivity index (χ1v) is 9.47. The van der Waals surface area contributed by atoms with Crippen LogP contribution in [0.5, 0.6) is 0 Å². The number of carbonyl (C=O) groups excluding carboxylic acids is 1. The third kappa shape index (κ3) is 4.60. The largest absolute Gasteiger partial charge is 0.353 e. The number of aromatic nitrogens is 2. The molecule has 1 N–H and O–H groups in total. The number of thioether (sulfide) groups is 1. The lowest BCUT2D eigenvalue weighted by molar-refractivity contribution is -0.119. The predicted molar refractivity (Wildman–Crippen MR) is 99.5 cm³/mol. The van der Waals surface area contributed by atoms with Crippen LogP contribution in [0.1, 0.15) is 40.0 Å². The van der Waals surface area contributed by atoms with Crippen molar-refractivity contribution < 1.29 is 4.79 Å². The average Bonchev–Trinajstić information content (AvgIpc) is 2.59. The van der Waals surface area contributed by atoms with Crippen molar-refractivity contribution >= 4 is 28.6 Å². The first-order chi connectivity index (χ1) is 11.6. The molecule has 2 rings (SSSR count). The molecule has 0 aliphatic heterocycles. The fraction of sp³-hybridized carbons (Fsp3) is 0.500. The second-order valence-electron chi connectivity index (χ2n) is 5.89. The van der Waals surface area contributed by atoms with Crippen molar-refractivity contribution in [3.8, 4) is 0 Å². The number of nitrogens with zero attached hydrogens (tertiary/aromatic N) is 2. The van der Waals surface area contributed by atoms with Gasteiger partial charge in [-0.2, -0.15) is 0 Å². The fourth-order valence-corrected chi connectivity index (χ4v) is 3.16. The van der Waals surface area contributed by atoms with Crippen molar-refractivity contribution in [3.63, 3.8) is 0 Å². The van der Waals surface area contributed by atoms with E-state index in [9.17, 15) is 9.59 Å². The minimum Gasteiger partial charge on any atom is -0.353 e. The van der Waals surface area contributed by atoms with Crippen LogP contribution in [0, 0.1) is 0 Å². The number of hydrogen-bond acceptors (Lipinski definition) is 4. The van der Waals surface area contributed by atoms with Crippen molar-refractivity contribution in [2.24, 2.45) is 0 Å². The van der Waals surface area contributed by atoms with Gasteiger partial charge in [-0.3, -0.25) is 14.2 Å². The molecule has 0 aliphatic rings. The quantitative estimate of drug-likeness (QED) is 0.588. The standard InChI is InChI=1S/C18H25N3O2S/c1-4-6-11-21-17(23)14-9-7-8-10-15(14)20-18(21)24-12-16(22)19-13(3)5-2/h7-10,13H,4-6,11-12H2,1-3H3,(H,19,22)/t13-/m1/s1. The number of nitrogens with one attached hydrogen (secondary N) is 1. The molecule has 0 bridgehead atoms. The summed E-state index contributed by atoms with van der Waals surface area (Å²) in [5.74, 6) is 0.236. The van der Waals surface area contributed by atoms with Gasteiger partial charge in [-0.25, -0.2) is 4.98 Å². The maximum absolute atomic E-state index is 12.7. The third-order valence-electron chi connectivity index (χ3n) is 3.91. The Hall–Kier alpha value is -1.82. The summed E-state index contributed by atoms with van der Waals surface area (Å²) in [5.41, 5.74) is 0.652. The summed E-state index contributed by atoms with van der Waals surface area (Å²) < 4.78 is 1.70. The van der Waals surface area contributed by atoms with E-state index in [0.29, 0.717) is 22.6 Å². The summed E-state index contributed by atoms with van der Waals surface area (Å²) in [6.45, 7) is 6.73. The first kappa shape index (κ1) is 18.5. The lowest BCUT2D eigenvalue weighted by Gasteiger charge is -2.14. The number of para-hydroxylation sites is 1. The maximum Gasteiger partial charge on any atom is 0.262 e. The Morgan fingerprint density at radius 3 is 2.79 bits per heavy atom. The van der Waals surface area contributed by atoms with Gasteiger partial charge in [-0.1, -0.05) is 44.2 Å². The zero-order valence-electron chi connectivity index (χ0n) is 14.5. The van der Waals surface area contributed by atoms with Gasteiger partial charge in [-0.05, 0) is 31.9 Å². The summed E-state index contributed by atoms with van der Waals surface area (Å²) in [6, 6.07) is 7.52.